The first-order valence-electron chi connectivity index (χ1n) is 11.7. The number of amidine groups is 1. The molecular weight excluding hydrogens is 446 g/mol. The minimum Gasteiger partial charge on any atom is -0.376 e. The van der Waals surface area contributed by atoms with Gasteiger partial charge in [0.25, 0.3) is 5.91 Å². The zero-order valence-corrected chi connectivity index (χ0v) is 20.7. The molecule has 0 bridgehead atoms. The molecule has 0 saturated carbocycles. The Morgan fingerprint density at radius 2 is 1.94 bits per heavy atom. The van der Waals surface area contributed by atoms with Crippen LogP contribution < -0.4 is 10.2 Å². The Morgan fingerprint density at radius 3 is 2.59 bits per heavy atom. The second-order valence-corrected chi connectivity index (χ2v) is 9.89. The molecular formula is C27H31N3O3S. The monoisotopic (exact) mass is 477 g/mol. The van der Waals surface area contributed by atoms with Crippen molar-refractivity contribution in [3.63, 3.8) is 0 Å². The third kappa shape index (κ3) is 5.96. The van der Waals surface area contributed by atoms with Crippen LogP contribution >= 0.6 is 11.8 Å². The highest BCUT2D eigenvalue weighted by Crippen LogP contribution is 2.30. The second kappa shape index (κ2) is 11.0. The average molecular weight is 478 g/mol. The van der Waals surface area contributed by atoms with Crippen molar-refractivity contribution in [3.8, 4) is 0 Å². The number of hydrogen-bond acceptors (Lipinski definition) is 5. The molecule has 2 aromatic carbocycles. The van der Waals surface area contributed by atoms with Gasteiger partial charge in [0.1, 0.15) is 5.70 Å². The number of ether oxygens (including phenoxy) is 1. The van der Waals surface area contributed by atoms with Crippen LogP contribution in [0.2, 0.25) is 0 Å². The van der Waals surface area contributed by atoms with Gasteiger partial charge in [-0.15, -0.1) is 0 Å². The predicted molar refractivity (Wildman–Crippen MR) is 139 cm³/mol. The quantitative estimate of drug-likeness (QED) is 0.577. The first kappa shape index (κ1) is 24.2. The number of carbonyl (C=O) groups excluding carboxylic acids is 2. The SMILES string of the molecule is Cc1ccc(N2C(=O)/C(=C/c3ccc(C(C)C)cc3)N=C2SCC(=O)NCC2CCCO2)cc1. The van der Waals surface area contributed by atoms with Crippen molar-refractivity contribution in [2.75, 3.05) is 23.8 Å². The summed E-state index contributed by atoms with van der Waals surface area (Å²) in [4.78, 5) is 32.0. The van der Waals surface area contributed by atoms with E-state index in [0.29, 0.717) is 23.3 Å². The highest BCUT2D eigenvalue weighted by molar-refractivity contribution is 8.14. The van der Waals surface area contributed by atoms with Crippen LogP contribution in [-0.2, 0) is 14.3 Å². The zero-order chi connectivity index (χ0) is 24.1. The molecule has 0 radical (unpaired) electrons. The normalized spacial score (nSPS) is 19.2. The van der Waals surface area contributed by atoms with Gasteiger partial charge in [0.2, 0.25) is 5.91 Å². The lowest BCUT2D eigenvalue weighted by Crippen LogP contribution is -2.35. The Morgan fingerprint density at radius 1 is 1.21 bits per heavy atom. The zero-order valence-electron chi connectivity index (χ0n) is 19.9. The second-order valence-electron chi connectivity index (χ2n) is 8.95. The van der Waals surface area contributed by atoms with Crippen molar-refractivity contribution in [2.45, 2.75) is 45.6 Å². The fourth-order valence-electron chi connectivity index (χ4n) is 3.86. The predicted octanol–water partition coefficient (Wildman–Crippen LogP) is 4.89. The molecule has 1 fully saturated rings. The Hall–Kier alpha value is -2.90. The molecule has 2 heterocycles. The lowest BCUT2D eigenvalue weighted by Gasteiger charge is -2.18. The summed E-state index contributed by atoms with van der Waals surface area (Å²) in [7, 11) is 0. The Bertz CT molecular complexity index is 1090. The highest BCUT2D eigenvalue weighted by atomic mass is 32.2. The van der Waals surface area contributed by atoms with E-state index in [9.17, 15) is 9.59 Å². The number of aryl methyl sites for hydroxylation is 1. The largest absolute Gasteiger partial charge is 0.376 e. The van der Waals surface area contributed by atoms with E-state index >= 15 is 0 Å². The number of benzene rings is 2. The van der Waals surface area contributed by atoms with Crippen LogP contribution in [0.3, 0.4) is 0 Å². The van der Waals surface area contributed by atoms with Crippen molar-refractivity contribution in [1.82, 2.24) is 5.32 Å². The molecule has 4 rings (SSSR count). The fourth-order valence-corrected chi connectivity index (χ4v) is 4.71. The molecule has 2 aliphatic rings. The summed E-state index contributed by atoms with van der Waals surface area (Å²) >= 11 is 1.27. The van der Waals surface area contributed by atoms with Crippen LogP contribution in [0.1, 0.15) is 49.3 Å². The van der Waals surface area contributed by atoms with E-state index in [0.717, 1.165) is 36.3 Å². The van der Waals surface area contributed by atoms with Crippen molar-refractivity contribution in [1.29, 1.82) is 0 Å². The molecule has 34 heavy (non-hydrogen) atoms. The van der Waals surface area contributed by atoms with Gasteiger partial charge in [-0.3, -0.25) is 14.5 Å². The standard InChI is InChI=1S/C27H31N3O3S/c1-18(2)21-10-8-20(9-11-21)15-24-26(32)30(22-12-6-19(3)7-13-22)27(29-24)34-17-25(31)28-16-23-5-4-14-33-23/h6-13,15,18,23H,4-5,14,16-17H2,1-3H3,(H,28,31)/b24-15-. The van der Waals surface area contributed by atoms with Gasteiger partial charge in [-0.2, -0.15) is 0 Å². The van der Waals surface area contributed by atoms with Gasteiger partial charge in [-0.25, -0.2) is 4.99 Å². The summed E-state index contributed by atoms with van der Waals surface area (Å²) in [5.41, 5.74) is 4.37. The van der Waals surface area contributed by atoms with Crippen LogP contribution in [0.25, 0.3) is 6.08 Å². The molecule has 6 nitrogen and oxygen atoms in total. The summed E-state index contributed by atoms with van der Waals surface area (Å²) in [5, 5.41) is 3.44. The lowest BCUT2D eigenvalue weighted by atomic mass is 10.0. The molecule has 7 heteroatoms. The number of aliphatic imine (C=N–C) groups is 1. The van der Waals surface area contributed by atoms with Gasteiger partial charge < -0.3 is 10.1 Å². The smallest absolute Gasteiger partial charge is 0.283 e. The van der Waals surface area contributed by atoms with Crippen molar-refractivity contribution >= 4 is 40.5 Å². The van der Waals surface area contributed by atoms with E-state index in [-0.39, 0.29) is 23.7 Å². The number of nitrogens with zero attached hydrogens (tertiary/aromatic N) is 2. The maximum absolute atomic E-state index is 13.3. The van der Waals surface area contributed by atoms with E-state index in [2.05, 4.69) is 36.3 Å². The van der Waals surface area contributed by atoms with E-state index in [4.69, 9.17) is 4.74 Å². The number of thioether (sulfide) groups is 1. The van der Waals surface area contributed by atoms with E-state index < -0.39 is 0 Å². The summed E-state index contributed by atoms with van der Waals surface area (Å²) < 4.78 is 5.57. The van der Waals surface area contributed by atoms with Crippen LogP contribution in [0.5, 0.6) is 0 Å². The van der Waals surface area contributed by atoms with Crippen molar-refractivity contribution in [2.24, 2.45) is 4.99 Å². The van der Waals surface area contributed by atoms with E-state index in [1.807, 2.05) is 43.3 Å². The van der Waals surface area contributed by atoms with Crippen LogP contribution in [-0.4, -0.2) is 42.0 Å². The van der Waals surface area contributed by atoms with Gasteiger partial charge >= 0.3 is 0 Å². The molecule has 0 spiro atoms. The molecule has 2 aliphatic heterocycles. The third-order valence-electron chi connectivity index (χ3n) is 5.91. The number of carbonyl (C=O) groups is 2. The molecule has 2 amide bonds. The molecule has 1 atom stereocenters. The van der Waals surface area contributed by atoms with E-state index in [1.165, 1.54) is 17.3 Å². The summed E-state index contributed by atoms with van der Waals surface area (Å²) in [6.45, 7) is 7.58. The maximum Gasteiger partial charge on any atom is 0.283 e. The van der Waals surface area contributed by atoms with Gasteiger partial charge in [0.05, 0.1) is 17.5 Å². The summed E-state index contributed by atoms with van der Waals surface area (Å²) in [6.07, 6.45) is 3.91. The minimum absolute atomic E-state index is 0.0961. The molecule has 1 unspecified atom stereocenters. The summed E-state index contributed by atoms with van der Waals surface area (Å²) in [5.74, 6) is 0.330. The molecule has 0 aliphatic carbocycles. The Balaban J connectivity index is 1.51. The Labute approximate surface area is 205 Å². The first-order chi connectivity index (χ1) is 16.4. The van der Waals surface area contributed by atoms with Crippen LogP contribution in [0.15, 0.2) is 59.2 Å². The molecule has 1 N–H and O–H groups in total. The molecule has 0 aromatic heterocycles. The number of amides is 2. The number of anilines is 1. The topological polar surface area (TPSA) is 71.0 Å². The van der Waals surface area contributed by atoms with Crippen LogP contribution in [0, 0.1) is 6.92 Å². The molecule has 2 aromatic rings. The van der Waals surface area contributed by atoms with Gasteiger partial charge in [-0.05, 0) is 55.0 Å². The van der Waals surface area contributed by atoms with Crippen LogP contribution in [0.4, 0.5) is 5.69 Å². The van der Waals surface area contributed by atoms with Crippen molar-refractivity contribution in [3.05, 3.63) is 70.9 Å². The third-order valence-corrected chi connectivity index (χ3v) is 6.85. The summed E-state index contributed by atoms with van der Waals surface area (Å²) in [6, 6.07) is 15.9. The average Bonchev–Trinajstić information content (AvgIpc) is 3.45. The number of hydrogen-bond donors (Lipinski definition) is 1. The van der Waals surface area contributed by atoms with E-state index in [1.54, 1.807) is 11.0 Å². The lowest BCUT2D eigenvalue weighted by molar-refractivity contribution is -0.119. The maximum atomic E-state index is 13.3. The Kier molecular flexibility index (Phi) is 7.85. The van der Waals surface area contributed by atoms with Crippen molar-refractivity contribution < 1.29 is 14.3 Å². The highest BCUT2D eigenvalue weighted by Gasteiger charge is 2.32. The molecule has 178 valence electrons. The molecule has 1 saturated heterocycles. The minimum atomic E-state index is -0.195. The number of nitrogens with one attached hydrogen (secondary N) is 1. The first-order valence-corrected chi connectivity index (χ1v) is 12.7. The van der Waals surface area contributed by atoms with Gasteiger partial charge in [0.15, 0.2) is 5.17 Å². The fraction of sp³-hybridized carbons (Fsp3) is 0.370. The van der Waals surface area contributed by atoms with Gasteiger partial charge in [-0.1, -0.05) is 67.6 Å². The van der Waals surface area contributed by atoms with Gasteiger partial charge in [0, 0.05) is 13.2 Å². The number of rotatable bonds is 7.